The maximum Gasteiger partial charge on any atom is 0.0784 e. The molecule has 0 aromatic heterocycles. The third-order valence-electron chi connectivity index (χ3n) is 5.45. The molecule has 2 saturated carbocycles. The molecule has 0 amide bonds. The Balaban J connectivity index is 0.00000108. The molecule has 2 heteroatoms. The Bertz CT molecular complexity index is 414. The van der Waals surface area contributed by atoms with Crippen LogP contribution in [0.3, 0.4) is 0 Å². The quantitative estimate of drug-likeness (QED) is 0.790. The predicted octanol–water partition coefficient (Wildman–Crippen LogP) is 3.13. The van der Waals surface area contributed by atoms with Gasteiger partial charge in [0.25, 0.3) is 0 Å². The third kappa shape index (κ3) is 1.31. The number of hydrogen-bond donors (Lipinski definition) is 1. The van der Waals surface area contributed by atoms with Gasteiger partial charge in [0.05, 0.1) is 5.60 Å². The van der Waals surface area contributed by atoms with Crippen LogP contribution in [0.15, 0.2) is 24.3 Å². The molecule has 0 aliphatic heterocycles. The summed E-state index contributed by atoms with van der Waals surface area (Å²) < 4.78 is 0. The van der Waals surface area contributed by atoms with E-state index in [1.165, 1.54) is 6.42 Å². The molecule has 0 saturated heterocycles. The summed E-state index contributed by atoms with van der Waals surface area (Å²) in [5.74, 6) is 0.665. The summed E-state index contributed by atoms with van der Waals surface area (Å²) in [6.45, 7) is 6.62. The van der Waals surface area contributed by atoms with E-state index in [2.05, 4.69) is 26.8 Å². The standard InChI is InChI=1S/C15H19O.Y/c1-13(2)12-9-10-14(12,3)15(13,16)11-7-5-4-6-8-11;/h4-7,12,16H,9-10H2,1-3H3;/q-1;/t12?,14?,15-;/m0./s1. The minimum absolute atomic E-state index is 0. The van der Waals surface area contributed by atoms with Gasteiger partial charge in [0.2, 0.25) is 0 Å². The Hall–Kier alpha value is 0.284. The Kier molecular flexibility index (Phi) is 3.13. The molecule has 3 atom stereocenters. The van der Waals surface area contributed by atoms with Crippen LogP contribution in [-0.2, 0) is 38.3 Å². The van der Waals surface area contributed by atoms with Crippen LogP contribution >= 0.6 is 0 Å². The van der Waals surface area contributed by atoms with E-state index < -0.39 is 5.60 Å². The summed E-state index contributed by atoms with van der Waals surface area (Å²) in [5, 5.41) is 11.1. The van der Waals surface area contributed by atoms with E-state index in [0.29, 0.717) is 5.92 Å². The summed E-state index contributed by atoms with van der Waals surface area (Å²) >= 11 is 0. The van der Waals surface area contributed by atoms with Gasteiger partial charge in [0.1, 0.15) is 0 Å². The Labute approximate surface area is 129 Å². The average Bonchev–Trinajstić information content (AvgIpc) is 2.25. The SMILES string of the molecule is CC1(C)C2CCC2(C)[C@]1(O)c1[c-]cccc1.[Y]. The fourth-order valence-electron chi connectivity index (χ4n) is 4.50. The number of benzene rings is 1. The summed E-state index contributed by atoms with van der Waals surface area (Å²) in [7, 11) is 0. The normalized spacial score (nSPS) is 41.5. The Morgan fingerprint density at radius 1 is 1.29 bits per heavy atom. The topological polar surface area (TPSA) is 20.2 Å². The first kappa shape index (κ1) is 13.7. The van der Waals surface area contributed by atoms with Gasteiger partial charge in [-0.2, -0.15) is 30.3 Å². The minimum atomic E-state index is -0.690. The molecule has 1 aromatic rings. The second-order valence-corrected chi connectivity index (χ2v) is 6.22. The van der Waals surface area contributed by atoms with Crippen LogP contribution in [0.25, 0.3) is 0 Å². The summed E-state index contributed by atoms with van der Waals surface area (Å²) in [5.41, 5.74) is 0.342. The van der Waals surface area contributed by atoms with Gasteiger partial charge in [-0.05, 0) is 24.2 Å². The van der Waals surface area contributed by atoms with Crippen molar-refractivity contribution < 1.29 is 37.8 Å². The van der Waals surface area contributed by atoms with Gasteiger partial charge in [-0.3, -0.25) is 0 Å². The first-order chi connectivity index (χ1) is 7.44. The number of fused-ring (bicyclic) bond motifs is 1. The monoisotopic (exact) mass is 304 g/mol. The van der Waals surface area contributed by atoms with Crippen LogP contribution in [0.1, 0.15) is 39.2 Å². The fraction of sp³-hybridized carbons (Fsp3) is 0.600. The van der Waals surface area contributed by atoms with Gasteiger partial charge in [-0.25, -0.2) is 0 Å². The zero-order valence-electron chi connectivity index (χ0n) is 10.8. The van der Waals surface area contributed by atoms with Crippen molar-refractivity contribution in [3.05, 3.63) is 35.9 Å². The van der Waals surface area contributed by atoms with Crippen LogP contribution < -0.4 is 0 Å². The molecule has 2 aliphatic carbocycles. The predicted molar refractivity (Wildman–Crippen MR) is 63.8 cm³/mol. The zero-order valence-corrected chi connectivity index (χ0v) is 13.7. The molecule has 1 N–H and O–H groups in total. The fourth-order valence-corrected chi connectivity index (χ4v) is 4.50. The molecule has 2 unspecified atom stereocenters. The van der Waals surface area contributed by atoms with Crippen LogP contribution in [0.2, 0.25) is 0 Å². The van der Waals surface area contributed by atoms with Gasteiger partial charge >= 0.3 is 0 Å². The molecule has 89 valence electrons. The molecule has 1 radical (unpaired) electrons. The van der Waals surface area contributed by atoms with Gasteiger partial charge in [-0.15, -0.1) is 5.56 Å². The van der Waals surface area contributed by atoms with Crippen LogP contribution in [-0.4, -0.2) is 5.11 Å². The van der Waals surface area contributed by atoms with E-state index >= 15 is 0 Å². The molecule has 0 heterocycles. The number of aliphatic hydroxyl groups is 1. The van der Waals surface area contributed by atoms with Crippen LogP contribution in [0.4, 0.5) is 0 Å². The van der Waals surface area contributed by atoms with Crippen molar-refractivity contribution in [1.29, 1.82) is 0 Å². The van der Waals surface area contributed by atoms with E-state index in [9.17, 15) is 5.11 Å². The molecule has 1 aromatic carbocycles. The molecular formula is C15H19OY-. The molecule has 2 aliphatic rings. The molecule has 0 bridgehead atoms. The second-order valence-electron chi connectivity index (χ2n) is 6.22. The van der Waals surface area contributed by atoms with Gasteiger partial charge in [0.15, 0.2) is 0 Å². The summed E-state index contributed by atoms with van der Waals surface area (Å²) in [6.07, 6.45) is 2.40. The molecule has 1 nitrogen and oxygen atoms in total. The van der Waals surface area contributed by atoms with Crippen molar-refractivity contribution in [2.45, 2.75) is 39.2 Å². The Morgan fingerprint density at radius 2 is 2.00 bits per heavy atom. The third-order valence-corrected chi connectivity index (χ3v) is 5.45. The maximum absolute atomic E-state index is 11.1. The van der Waals surface area contributed by atoms with Gasteiger partial charge in [-0.1, -0.05) is 20.8 Å². The van der Waals surface area contributed by atoms with E-state index in [1.54, 1.807) is 0 Å². The van der Waals surface area contributed by atoms with Crippen molar-refractivity contribution in [2.75, 3.05) is 0 Å². The van der Waals surface area contributed by atoms with E-state index in [-0.39, 0.29) is 43.5 Å². The first-order valence-electron chi connectivity index (χ1n) is 6.14. The Morgan fingerprint density at radius 3 is 2.41 bits per heavy atom. The molecule has 0 spiro atoms. The largest absolute Gasteiger partial charge is 0.386 e. The van der Waals surface area contributed by atoms with Crippen molar-refractivity contribution in [3.63, 3.8) is 0 Å². The van der Waals surface area contributed by atoms with E-state index in [4.69, 9.17) is 0 Å². The molecule has 3 rings (SSSR count). The van der Waals surface area contributed by atoms with Crippen molar-refractivity contribution in [1.82, 2.24) is 0 Å². The van der Waals surface area contributed by atoms with Crippen molar-refractivity contribution >= 4 is 0 Å². The van der Waals surface area contributed by atoms with Crippen LogP contribution in [0, 0.1) is 22.8 Å². The molecule has 2 fully saturated rings. The van der Waals surface area contributed by atoms with E-state index in [1.807, 2.05) is 24.3 Å². The zero-order chi connectivity index (χ0) is 11.6. The first-order valence-corrected chi connectivity index (χ1v) is 6.14. The molecular weight excluding hydrogens is 285 g/mol. The summed E-state index contributed by atoms with van der Waals surface area (Å²) in [6, 6.07) is 11.1. The van der Waals surface area contributed by atoms with Gasteiger partial charge < -0.3 is 5.11 Å². The van der Waals surface area contributed by atoms with E-state index in [0.717, 1.165) is 12.0 Å². The smallest absolute Gasteiger partial charge is 0.0784 e. The maximum atomic E-state index is 11.1. The number of hydrogen-bond acceptors (Lipinski definition) is 1. The number of rotatable bonds is 1. The van der Waals surface area contributed by atoms with Crippen molar-refractivity contribution in [3.8, 4) is 0 Å². The van der Waals surface area contributed by atoms with Gasteiger partial charge in [0, 0.05) is 38.1 Å². The average molecular weight is 304 g/mol. The van der Waals surface area contributed by atoms with Crippen LogP contribution in [0.5, 0.6) is 0 Å². The minimum Gasteiger partial charge on any atom is -0.386 e. The second kappa shape index (κ2) is 3.89. The summed E-state index contributed by atoms with van der Waals surface area (Å²) in [4.78, 5) is 0. The van der Waals surface area contributed by atoms with Crippen molar-refractivity contribution in [2.24, 2.45) is 16.7 Å². The molecule has 17 heavy (non-hydrogen) atoms.